The third kappa shape index (κ3) is 6.48. The molecule has 0 spiro atoms. The molecule has 0 aromatic heterocycles. The number of carbonyl (C=O) groups is 3. The van der Waals surface area contributed by atoms with Gasteiger partial charge in [0.15, 0.2) is 0 Å². The van der Waals surface area contributed by atoms with E-state index in [2.05, 4.69) is 21.1 Å². The zero-order valence-electron chi connectivity index (χ0n) is 11.7. The first-order chi connectivity index (χ1) is 10.5. The zero-order chi connectivity index (χ0) is 16.4. The molecule has 0 atom stereocenters. The molecule has 2 amide bonds. The Balaban J connectivity index is 2.46. The standard InChI is InChI=1S/C13H17N5O4/c14-18-8-17-10-3-1-2-9(6-10)13(22)16-7-11(19)15-5-4-12(20)21/h1-3,6,8H,4-5,7,14H2,(H,15,19)(H,16,22)(H,17,18)(H,20,21). The molecular weight excluding hydrogens is 290 g/mol. The second kappa shape index (κ2) is 9.08. The summed E-state index contributed by atoms with van der Waals surface area (Å²) in [4.78, 5) is 37.5. The summed E-state index contributed by atoms with van der Waals surface area (Å²) in [7, 11) is 0. The third-order valence-electron chi connectivity index (χ3n) is 2.47. The van der Waals surface area contributed by atoms with E-state index in [1.54, 1.807) is 18.2 Å². The molecule has 0 fully saturated rings. The number of hydrogen-bond donors (Lipinski definition) is 5. The summed E-state index contributed by atoms with van der Waals surface area (Å²) in [5.74, 6) is 3.15. The van der Waals surface area contributed by atoms with Crippen LogP contribution in [0.3, 0.4) is 0 Å². The average Bonchev–Trinajstić information content (AvgIpc) is 2.50. The van der Waals surface area contributed by atoms with Crippen molar-refractivity contribution >= 4 is 29.8 Å². The molecule has 0 saturated heterocycles. The quantitative estimate of drug-likeness (QED) is 0.183. The van der Waals surface area contributed by atoms with Gasteiger partial charge in [0.1, 0.15) is 6.34 Å². The first-order valence-corrected chi connectivity index (χ1v) is 6.38. The van der Waals surface area contributed by atoms with E-state index in [0.717, 1.165) is 0 Å². The van der Waals surface area contributed by atoms with Crippen molar-refractivity contribution in [3.05, 3.63) is 29.8 Å². The first-order valence-electron chi connectivity index (χ1n) is 6.38. The summed E-state index contributed by atoms with van der Waals surface area (Å²) in [6.45, 7) is -0.226. The molecule has 9 nitrogen and oxygen atoms in total. The van der Waals surface area contributed by atoms with Crippen molar-refractivity contribution in [1.82, 2.24) is 16.1 Å². The fourth-order valence-electron chi connectivity index (χ4n) is 1.47. The van der Waals surface area contributed by atoms with E-state index in [1.807, 2.05) is 0 Å². The van der Waals surface area contributed by atoms with Crippen molar-refractivity contribution in [2.75, 3.05) is 13.1 Å². The van der Waals surface area contributed by atoms with Crippen LogP contribution in [0.25, 0.3) is 0 Å². The van der Waals surface area contributed by atoms with E-state index in [-0.39, 0.29) is 19.5 Å². The number of benzene rings is 1. The van der Waals surface area contributed by atoms with E-state index < -0.39 is 17.8 Å². The minimum atomic E-state index is -1.01. The molecule has 0 aliphatic rings. The molecule has 0 heterocycles. The topological polar surface area (TPSA) is 146 Å². The summed E-state index contributed by atoms with van der Waals surface area (Å²) in [6.07, 6.45) is 1.10. The van der Waals surface area contributed by atoms with Crippen LogP contribution in [0.2, 0.25) is 0 Å². The average molecular weight is 307 g/mol. The lowest BCUT2D eigenvalue weighted by Crippen LogP contribution is -2.37. The highest BCUT2D eigenvalue weighted by atomic mass is 16.4. The maximum atomic E-state index is 11.9. The molecule has 0 unspecified atom stereocenters. The Kier molecular flexibility index (Phi) is 7.06. The van der Waals surface area contributed by atoms with Gasteiger partial charge in [0.2, 0.25) is 5.91 Å². The van der Waals surface area contributed by atoms with Gasteiger partial charge in [0, 0.05) is 12.1 Å². The van der Waals surface area contributed by atoms with Crippen molar-refractivity contribution in [2.45, 2.75) is 6.42 Å². The lowest BCUT2D eigenvalue weighted by atomic mass is 10.2. The van der Waals surface area contributed by atoms with Gasteiger partial charge in [0.05, 0.1) is 18.7 Å². The number of aliphatic imine (C=N–C) groups is 1. The molecule has 0 aliphatic carbocycles. The molecule has 118 valence electrons. The predicted molar refractivity (Wildman–Crippen MR) is 79.5 cm³/mol. The number of nitrogens with zero attached hydrogens (tertiary/aromatic N) is 1. The molecule has 1 aromatic carbocycles. The number of amides is 2. The summed E-state index contributed by atoms with van der Waals surface area (Å²) in [6, 6.07) is 6.44. The van der Waals surface area contributed by atoms with E-state index >= 15 is 0 Å². The number of carboxylic acid groups (broad SMARTS) is 1. The maximum absolute atomic E-state index is 11.9. The second-order valence-electron chi connectivity index (χ2n) is 4.15. The van der Waals surface area contributed by atoms with Crippen LogP contribution in [0.1, 0.15) is 16.8 Å². The fraction of sp³-hybridized carbons (Fsp3) is 0.231. The summed E-state index contributed by atoms with van der Waals surface area (Å²) in [5, 5.41) is 13.2. The van der Waals surface area contributed by atoms with Gasteiger partial charge in [0.25, 0.3) is 5.91 Å². The van der Waals surface area contributed by atoms with E-state index in [0.29, 0.717) is 11.3 Å². The number of hydrazine groups is 1. The van der Waals surface area contributed by atoms with Crippen LogP contribution in [0.5, 0.6) is 0 Å². The Bertz CT molecular complexity index is 573. The normalized spacial score (nSPS) is 10.2. The van der Waals surface area contributed by atoms with Crippen LogP contribution in [0.4, 0.5) is 5.69 Å². The van der Waals surface area contributed by atoms with Crippen LogP contribution in [0.15, 0.2) is 29.3 Å². The predicted octanol–water partition coefficient (Wildman–Crippen LogP) is -0.870. The van der Waals surface area contributed by atoms with Gasteiger partial charge >= 0.3 is 5.97 Å². The molecule has 0 aliphatic heterocycles. The second-order valence-corrected chi connectivity index (χ2v) is 4.15. The number of hydrogen-bond acceptors (Lipinski definition) is 5. The molecular formula is C13H17N5O4. The van der Waals surface area contributed by atoms with Crippen LogP contribution in [-0.2, 0) is 9.59 Å². The highest BCUT2D eigenvalue weighted by Gasteiger charge is 2.08. The SMILES string of the molecule is NNC=Nc1cccc(C(=O)NCC(=O)NCCC(=O)O)c1. The lowest BCUT2D eigenvalue weighted by molar-refractivity contribution is -0.136. The lowest BCUT2D eigenvalue weighted by Gasteiger charge is -2.06. The van der Waals surface area contributed by atoms with Crippen molar-refractivity contribution in [2.24, 2.45) is 10.8 Å². The molecule has 1 rings (SSSR count). The van der Waals surface area contributed by atoms with Crippen LogP contribution in [-0.4, -0.2) is 42.3 Å². The number of nitrogens with one attached hydrogen (secondary N) is 3. The highest BCUT2D eigenvalue weighted by Crippen LogP contribution is 2.13. The highest BCUT2D eigenvalue weighted by molar-refractivity contribution is 5.97. The molecule has 6 N–H and O–H groups in total. The summed E-state index contributed by atoms with van der Waals surface area (Å²) >= 11 is 0. The number of carboxylic acids is 1. The Morgan fingerprint density at radius 1 is 1.27 bits per heavy atom. The fourth-order valence-corrected chi connectivity index (χ4v) is 1.47. The Labute approximate surface area is 126 Å². The van der Waals surface area contributed by atoms with Crippen molar-refractivity contribution < 1.29 is 19.5 Å². The number of carbonyl (C=O) groups excluding carboxylic acids is 2. The van der Waals surface area contributed by atoms with E-state index in [1.165, 1.54) is 12.4 Å². The first kappa shape index (κ1) is 17.1. The van der Waals surface area contributed by atoms with Gasteiger partial charge in [-0.1, -0.05) is 6.07 Å². The number of nitrogens with two attached hydrogens (primary N) is 1. The largest absolute Gasteiger partial charge is 0.481 e. The van der Waals surface area contributed by atoms with Crippen LogP contribution in [0, 0.1) is 0 Å². The van der Waals surface area contributed by atoms with E-state index in [4.69, 9.17) is 10.9 Å². The van der Waals surface area contributed by atoms with Crippen molar-refractivity contribution in [1.29, 1.82) is 0 Å². The van der Waals surface area contributed by atoms with Crippen molar-refractivity contribution in [3.63, 3.8) is 0 Å². The molecule has 0 radical (unpaired) electrons. The molecule has 0 bridgehead atoms. The number of aliphatic carboxylic acids is 1. The van der Waals surface area contributed by atoms with Crippen molar-refractivity contribution in [3.8, 4) is 0 Å². The van der Waals surface area contributed by atoms with Gasteiger partial charge in [-0.3, -0.25) is 14.4 Å². The molecule has 1 aromatic rings. The summed E-state index contributed by atoms with van der Waals surface area (Å²) < 4.78 is 0. The van der Waals surface area contributed by atoms with Gasteiger partial charge in [-0.05, 0) is 18.2 Å². The monoisotopic (exact) mass is 307 g/mol. The maximum Gasteiger partial charge on any atom is 0.305 e. The Hall–Kier alpha value is -2.94. The van der Waals surface area contributed by atoms with Gasteiger partial charge in [-0.2, -0.15) is 0 Å². The molecule has 9 heteroatoms. The van der Waals surface area contributed by atoms with Gasteiger partial charge < -0.3 is 21.2 Å². The zero-order valence-corrected chi connectivity index (χ0v) is 11.7. The van der Waals surface area contributed by atoms with Gasteiger partial charge in [-0.25, -0.2) is 10.8 Å². The minimum absolute atomic E-state index is 0.0142. The number of rotatable bonds is 8. The molecule has 22 heavy (non-hydrogen) atoms. The third-order valence-corrected chi connectivity index (χ3v) is 2.47. The Morgan fingerprint density at radius 2 is 2.05 bits per heavy atom. The van der Waals surface area contributed by atoms with E-state index in [9.17, 15) is 14.4 Å². The minimum Gasteiger partial charge on any atom is -0.481 e. The van der Waals surface area contributed by atoms with Crippen LogP contribution >= 0.6 is 0 Å². The Morgan fingerprint density at radius 3 is 2.73 bits per heavy atom. The van der Waals surface area contributed by atoms with Crippen LogP contribution < -0.4 is 21.9 Å². The molecule has 0 saturated carbocycles. The summed E-state index contributed by atoms with van der Waals surface area (Å²) in [5.41, 5.74) is 3.11. The van der Waals surface area contributed by atoms with Gasteiger partial charge in [-0.15, -0.1) is 0 Å². The smallest absolute Gasteiger partial charge is 0.305 e.